The molecule has 0 unspecified atom stereocenters. The fourth-order valence-corrected chi connectivity index (χ4v) is 5.84. The average Bonchev–Trinajstić information content (AvgIpc) is 3.06. The van der Waals surface area contributed by atoms with Gasteiger partial charge in [0.25, 0.3) is 0 Å². The Morgan fingerprint density at radius 1 is 0.885 bits per heavy atom. The van der Waals surface area contributed by atoms with E-state index < -0.39 is 32.1 Å². The Labute approximate surface area is 152 Å². The van der Waals surface area contributed by atoms with E-state index in [-0.39, 0.29) is 22.8 Å². The summed E-state index contributed by atoms with van der Waals surface area (Å²) in [7, 11) is -7.68. The van der Waals surface area contributed by atoms with Crippen molar-refractivity contribution in [2.45, 2.75) is 28.3 Å². The molecule has 1 heterocycles. The molecule has 138 valence electrons. The summed E-state index contributed by atoms with van der Waals surface area (Å²) in [6.45, 7) is -0.104. The van der Waals surface area contributed by atoms with E-state index in [1.165, 1.54) is 24.3 Å². The first-order valence-electron chi connectivity index (χ1n) is 7.94. The van der Waals surface area contributed by atoms with Crippen LogP contribution in [0.25, 0.3) is 0 Å². The highest BCUT2D eigenvalue weighted by atomic mass is 32.2. The average molecular weight is 394 g/mol. The van der Waals surface area contributed by atoms with Gasteiger partial charge in [0.15, 0.2) is 0 Å². The maximum absolute atomic E-state index is 12.8. The number of carbonyl (C=O) groups excluding carboxylic acids is 1. The van der Waals surface area contributed by atoms with E-state index in [0.717, 1.165) is 4.31 Å². The Morgan fingerprint density at radius 3 is 1.96 bits per heavy atom. The van der Waals surface area contributed by atoms with Crippen LogP contribution in [0.1, 0.15) is 6.42 Å². The Balaban J connectivity index is 1.83. The number of rotatable bonds is 6. The van der Waals surface area contributed by atoms with Crippen molar-refractivity contribution in [2.75, 3.05) is 6.54 Å². The van der Waals surface area contributed by atoms with Gasteiger partial charge in [-0.2, -0.15) is 4.31 Å². The minimum absolute atomic E-state index is 0.0680. The van der Waals surface area contributed by atoms with Crippen molar-refractivity contribution in [1.29, 1.82) is 0 Å². The van der Waals surface area contributed by atoms with Crippen LogP contribution in [-0.2, 0) is 24.8 Å². The number of carbonyl (C=O) groups is 1. The number of hydrogen-bond donors (Lipinski definition) is 1. The minimum Gasteiger partial charge on any atom is -0.302 e. The second kappa shape index (κ2) is 7.28. The molecule has 0 amide bonds. The number of nitrogens with one attached hydrogen (secondary N) is 1. The van der Waals surface area contributed by atoms with Crippen LogP contribution in [0.5, 0.6) is 0 Å². The number of benzene rings is 2. The van der Waals surface area contributed by atoms with Crippen LogP contribution < -0.4 is 4.72 Å². The van der Waals surface area contributed by atoms with Crippen molar-refractivity contribution in [3.05, 3.63) is 60.7 Å². The standard InChI is InChI=1S/C17H18N2O5S2/c20-13-15-11-14(18-25(21,22)16-7-3-1-4-8-16)12-19(15)26(23,24)17-9-5-2-6-10-17/h1-10,13-15,18H,11-12H2/t14-,15+/m0/s1. The molecule has 9 heteroatoms. The van der Waals surface area contributed by atoms with Gasteiger partial charge < -0.3 is 4.79 Å². The summed E-state index contributed by atoms with van der Waals surface area (Å²) in [5.74, 6) is 0. The third-order valence-electron chi connectivity index (χ3n) is 4.18. The van der Waals surface area contributed by atoms with Crippen LogP contribution in [-0.4, -0.2) is 46.1 Å². The topological polar surface area (TPSA) is 101 Å². The first-order chi connectivity index (χ1) is 12.3. The van der Waals surface area contributed by atoms with Crippen molar-refractivity contribution in [2.24, 2.45) is 0 Å². The van der Waals surface area contributed by atoms with Crippen LogP contribution in [0.2, 0.25) is 0 Å². The monoisotopic (exact) mass is 394 g/mol. The van der Waals surface area contributed by atoms with E-state index in [1.54, 1.807) is 36.4 Å². The third-order valence-corrected chi connectivity index (χ3v) is 7.62. The molecular weight excluding hydrogens is 376 g/mol. The first kappa shape index (κ1) is 18.7. The summed E-state index contributed by atoms with van der Waals surface area (Å²) in [4.78, 5) is 11.6. The number of aldehydes is 1. The molecular formula is C17H18N2O5S2. The number of sulfonamides is 2. The summed E-state index contributed by atoms with van der Waals surface area (Å²) < 4.78 is 54.0. The van der Waals surface area contributed by atoms with Gasteiger partial charge in [-0.3, -0.25) is 0 Å². The largest absolute Gasteiger partial charge is 0.302 e. The summed E-state index contributed by atoms with van der Waals surface area (Å²) in [6, 6.07) is 14.0. The molecule has 1 aliphatic rings. The van der Waals surface area contributed by atoms with Crippen LogP contribution >= 0.6 is 0 Å². The summed E-state index contributed by atoms with van der Waals surface area (Å²) >= 11 is 0. The molecule has 1 fully saturated rings. The molecule has 0 bridgehead atoms. The molecule has 3 rings (SSSR count). The van der Waals surface area contributed by atoms with Gasteiger partial charge in [-0.05, 0) is 30.7 Å². The maximum Gasteiger partial charge on any atom is 0.243 e. The molecule has 0 aliphatic carbocycles. The molecule has 1 aliphatic heterocycles. The van der Waals surface area contributed by atoms with Gasteiger partial charge >= 0.3 is 0 Å². The normalized spacial score (nSPS) is 21.5. The third kappa shape index (κ3) is 3.70. The highest BCUT2D eigenvalue weighted by Gasteiger charge is 2.41. The zero-order valence-electron chi connectivity index (χ0n) is 13.7. The van der Waals surface area contributed by atoms with Gasteiger partial charge in [0.2, 0.25) is 20.0 Å². The molecule has 26 heavy (non-hydrogen) atoms. The molecule has 1 N–H and O–H groups in total. The lowest BCUT2D eigenvalue weighted by atomic mass is 10.2. The Hall–Kier alpha value is -2.07. The molecule has 0 radical (unpaired) electrons. The second-order valence-corrected chi connectivity index (χ2v) is 9.56. The van der Waals surface area contributed by atoms with Gasteiger partial charge in [-0.15, -0.1) is 0 Å². The quantitative estimate of drug-likeness (QED) is 0.737. The number of hydrogen-bond acceptors (Lipinski definition) is 5. The molecule has 1 saturated heterocycles. The summed E-state index contributed by atoms with van der Waals surface area (Å²) in [5, 5.41) is 0. The van der Waals surface area contributed by atoms with Crippen LogP contribution in [0.4, 0.5) is 0 Å². The molecule has 2 aromatic carbocycles. The lowest BCUT2D eigenvalue weighted by Gasteiger charge is -2.20. The maximum atomic E-state index is 12.8. The molecule has 7 nitrogen and oxygen atoms in total. The molecule has 2 aromatic rings. The van der Waals surface area contributed by atoms with Crippen molar-refractivity contribution in [1.82, 2.24) is 9.03 Å². The fraction of sp³-hybridized carbons (Fsp3) is 0.235. The lowest BCUT2D eigenvalue weighted by molar-refractivity contribution is -0.110. The van der Waals surface area contributed by atoms with Crippen LogP contribution in [0.3, 0.4) is 0 Å². The van der Waals surface area contributed by atoms with Gasteiger partial charge in [-0.1, -0.05) is 36.4 Å². The molecule has 2 atom stereocenters. The van der Waals surface area contributed by atoms with E-state index >= 15 is 0 Å². The molecule has 0 saturated carbocycles. The Morgan fingerprint density at radius 2 is 1.42 bits per heavy atom. The van der Waals surface area contributed by atoms with E-state index in [0.29, 0.717) is 6.29 Å². The van der Waals surface area contributed by atoms with E-state index in [9.17, 15) is 21.6 Å². The minimum atomic E-state index is -3.89. The van der Waals surface area contributed by atoms with Gasteiger partial charge in [0, 0.05) is 12.6 Å². The number of nitrogens with zero attached hydrogens (tertiary/aromatic N) is 1. The summed E-state index contributed by atoms with van der Waals surface area (Å²) in [5.41, 5.74) is 0. The SMILES string of the molecule is O=C[C@H]1C[C@H](NS(=O)(=O)c2ccccc2)CN1S(=O)(=O)c1ccccc1. The molecule has 0 aromatic heterocycles. The Bertz CT molecular complexity index is 976. The van der Waals surface area contributed by atoms with Gasteiger partial charge in [-0.25, -0.2) is 21.6 Å². The van der Waals surface area contributed by atoms with Crippen LogP contribution in [0.15, 0.2) is 70.5 Å². The van der Waals surface area contributed by atoms with Crippen molar-refractivity contribution in [3.63, 3.8) is 0 Å². The highest BCUT2D eigenvalue weighted by molar-refractivity contribution is 7.89. The summed E-state index contributed by atoms with van der Waals surface area (Å²) in [6.07, 6.45) is 0.624. The van der Waals surface area contributed by atoms with Crippen LogP contribution in [0, 0.1) is 0 Å². The molecule has 0 spiro atoms. The van der Waals surface area contributed by atoms with Gasteiger partial charge in [0.1, 0.15) is 6.29 Å². The predicted octanol–water partition coefficient (Wildman–Crippen LogP) is 0.996. The van der Waals surface area contributed by atoms with Crippen molar-refractivity contribution >= 4 is 26.3 Å². The highest BCUT2D eigenvalue weighted by Crippen LogP contribution is 2.26. The smallest absolute Gasteiger partial charge is 0.243 e. The zero-order chi connectivity index (χ0) is 18.8. The zero-order valence-corrected chi connectivity index (χ0v) is 15.4. The van der Waals surface area contributed by atoms with Gasteiger partial charge in [0.05, 0.1) is 15.8 Å². The first-order valence-corrected chi connectivity index (χ1v) is 10.9. The predicted molar refractivity (Wildman–Crippen MR) is 95.4 cm³/mol. The van der Waals surface area contributed by atoms with E-state index in [2.05, 4.69) is 4.72 Å². The fourth-order valence-electron chi connectivity index (χ4n) is 2.94. The van der Waals surface area contributed by atoms with Crippen molar-refractivity contribution < 1.29 is 21.6 Å². The van der Waals surface area contributed by atoms with E-state index in [1.807, 2.05) is 0 Å². The Kier molecular flexibility index (Phi) is 5.24. The second-order valence-electron chi connectivity index (χ2n) is 5.96. The van der Waals surface area contributed by atoms with Crippen molar-refractivity contribution in [3.8, 4) is 0 Å². The van der Waals surface area contributed by atoms with E-state index in [4.69, 9.17) is 0 Å². The lowest BCUT2D eigenvalue weighted by Crippen LogP contribution is -2.39.